The van der Waals surface area contributed by atoms with Crippen LogP contribution >= 0.6 is 11.6 Å². The Bertz CT molecular complexity index is 454. The first-order chi connectivity index (χ1) is 9.70. The minimum absolute atomic E-state index is 0.747. The van der Waals surface area contributed by atoms with E-state index in [1.165, 1.54) is 18.4 Å². The highest BCUT2D eigenvalue weighted by Crippen LogP contribution is 2.32. The lowest BCUT2D eigenvalue weighted by molar-refractivity contribution is 0.148. The molecular weight excluding hydrogens is 272 g/mol. The molecule has 0 N–H and O–H groups in total. The third kappa shape index (κ3) is 3.87. The second kappa shape index (κ2) is 6.33. The van der Waals surface area contributed by atoms with E-state index in [1.54, 1.807) is 0 Å². The normalized spacial score (nSPS) is 21.1. The van der Waals surface area contributed by atoms with Crippen LogP contribution in [0, 0.1) is 5.92 Å². The van der Waals surface area contributed by atoms with Crippen molar-refractivity contribution in [1.29, 1.82) is 0 Å². The van der Waals surface area contributed by atoms with Crippen LogP contribution in [0.1, 0.15) is 18.4 Å². The number of nitrogens with zero attached hydrogens (tertiary/aromatic N) is 2. The number of halogens is 1. The zero-order valence-electron chi connectivity index (χ0n) is 12.1. The van der Waals surface area contributed by atoms with Crippen molar-refractivity contribution in [3.63, 3.8) is 0 Å². The molecule has 20 heavy (non-hydrogen) atoms. The van der Waals surface area contributed by atoms with E-state index in [9.17, 15) is 0 Å². The summed E-state index contributed by atoms with van der Waals surface area (Å²) < 4.78 is 5.77. The van der Waals surface area contributed by atoms with E-state index in [-0.39, 0.29) is 0 Å². The van der Waals surface area contributed by atoms with Gasteiger partial charge >= 0.3 is 0 Å². The Morgan fingerprint density at radius 3 is 2.60 bits per heavy atom. The number of benzene rings is 1. The molecule has 3 nitrogen and oxygen atoms in total. The third-order valence-corrected chi connectivity index (χ3v) is 4.47. The van der Waals surface area contributed by atoms with Gasteiger partial charge in [0.25, 0.3) is 0 Å². The molecule has 3 rings (SSSR count). The standard InChI is InChI=1S/C16H23ClN2O/c1-18-6-8-19(9-7-18)11-14-4-5-16(15(17)10-14)20-12-13-2-3-13/h4-5,10,13H,2-3,6-9,11-12H2,1H3. The van der Waals surface area contributed by atoms with Gasteiger partial charge in [0.05, 0.1) is 11.6 Å². The molecule has 1 aliphatic heterocycles. The summed E-state index contributed by atoms with van der Waals surface area (Å²) in [4.78, 5) is 4.86. The van der Waals surface area contributed by atoms with E-state index in [4.69, 9.17) is 16.3 Å². The number of hydrogen-bond donors (Lipinski definition) is 0. The van der Waals surface area contributed by atoms with Gasteiger partial charge in [-0.15, -0.1) is 0 Å². The summed E-state index contributed by atoms with van der Waals surface area (Å²) >= 11 is 6.32. The fourth-order valence-corrected chi connectivity index (χ4v) is 2.77. The monoisotopic (exact) mass is 294 g/mol. The zero-order valence-corrected chi connectivity index (χ0v) is 12.9. The lowest BCUT2D eigenvalue weighted by Crippen LogP contribution is -2.43. The van der Waals surface area contributed by atoms with Crippen LogP contribution in [0.15, 0.2) is 18.2 Å². The Hall–Kier alpha value is -0.770. The number of likely N-dealkylation sites (N-methyl/N-ethyl adjacent to an activating group) is 1. The highest BCUT2D eigenvalue weighted by atomic mass is 35.5. The van der Waals surface area contributed by atoms with E-state index in [2.05, 4.69) is 29.0 Å². The van der Waals surface area contributed by atoms with Gasteiger partial charge in [0.1, 0.15) is 5.75 Å². The van der Waals surface area contributed by atoms with Crippen molar-refractivity contribution in [2.75, 3.05) is 39.8 Å². The molecule has 1 heterocycles. The first kappa shape index (κ1) is 14.2. The van der Waals surface area contributed by atoms with Gasteiger partial charge in [0.2, 0.25) is 0 Å². The Morgan fingerprint density at radius 2 is 1.95 bits per heavy atom. The number of ether oxygens (including phenoxy) is 1. The van der Waals surface area contributed by atoms with Gasteiger partial charge in [0, 0.05) is 32.7 Å². The Kier molecular flexibility index (Phi) is 4.49. The molecule has 1 aliphatic carbocycles. The largest absolute Gasteiger partial charge is 0.492 e. The van der Waals surface area contributed by atoms with E-state index in [0.29, 0.717) is 0 Å². The van der Waals surface area contributed by atoms with Crippen LogP contribution in [-0.4, -0.2) is 49.6 Å². The number of piperazine rings is 1. The molecule has 1 aromatic rings. The molecule has 1 saturated carbocycles. The molecule has 0 spiro atoms. The Morgan fingerprint density at radius 1 is 1.20 bits per heavy atom. The highest BCUT2D eigenvalue weighted by Gasteiger charge is 2.22. The third-order valence-electron chi connectivity index (χ3n) is 4.17. The van der Waals surface area contributed by atoms with Crippen molar-refractivity contribution in [2.45, 2.75) is 19.4 Å². The van der Waals surface area contributed by atoms with Gasteiger partial charge < -0.3 is 9.64 Å². The molecule has 1 aromatic carbocycles. The first-order valence-electron chi connectivity index (χ1n) is 7.53. The van der Waals surface area contributed by atoms with Gasteiger partial charge in [-0.25, -0.2) is 0 Å². The predicted octanol–water partition coefficient (Wildman–Crippen LogP) is 2.88. The van der Waals surface area contributed by atoms with Crippen molar-refractivity contribution in [3.05, 3.63) is 28.8 Å². The minimum Gasteiger partial charge on any atom is -0.492 e. The molecule has 110 valence electrons. The van der Waals surface area contributed by atoms with Crippen LogP contribution in [0.5, 0.6) is 5.75 Å². The summed E-state index contributed by atoms with van der Waals surface area (Å²) in [6.07, 6.45) is 2.61. The smallest absolute Gasteiger partial charge is 0.137 e. The molecule has 0 atom stereocenters. The van der Waals surface area contributed by atoms with Crippen molar-refractivity contribution < 1.29 is 4.74 Å². The molecule has 0 amide bonds. The summed E-state index contributed by atoms with van der Waals surface area (Å²) in [7, 11) is 2.18. The van der Waals surface area contributed by atoms with E-state index >= 15 is 0 Å². The van der Waals surface area contributed by atoms with Crippen LogP contribution in [0.2, 0.25) is 5.02 Å². The summed E-state index contributed by atoms with van der Waals surface area (Å²) in [5.41, 5.74) is 1.28. The summed E-state index contributed by atoms with van der Waals surface area (Å²) in [6.45, 7) is 6.36. The summed E-state index contributed by atoms with van der Waals surface area (Å²) in [6, 6.07) is 6.23. The van der Waals surface area contributed by atoms with E-state index < -0.39 is 0 Å². The summed E-state index contributed by atoms with van der Waals surface area (Å²) in [5, 5.41) is 0.747. The molecule has 0 unspecified atom stereocenters. The molecule has 1 saturated heterocycles. The van der Waals surface area contributed by atoms with Gasteiger partial charge in [-0.05, 0) is 43.5 Å². The van der Waals surface area contributed by atoms with Crippen LogP contribution < -0.4 is 4.74 Å². The topological polar surface area (TPSA) is 15.7 Å². The van der Waals surface area contributed by atoms with Crippen LogP contribution in [-0.2, 0) is 6.54 Å². The highest BCUT2D eigenvalue weighted by molar-refractivity contribution is 6.32. The molecule has 0 radical (unpaired) electrons. The quantitative estimate of drug-likeness (QED) is 0.830. The molecule has 4 heteroatoms. The lowest BCUT2D eigenvalue weighted by atomic mass is 10.2. The van der Waals surface area contributed by atoms with Crippen molar-refractivity contribution in [2.24, 2.45) is 5.92 Å². The maximum absolute atomic E-state index is 6.32. The Balaban J connectivity index is 1.55. The van der Waals surface area contributed by atoms with Crippen LogP contribution in [0.25, 0.3) is 0 Å². The summed E-state index contributed by atoms with van der Waals surface area (Å²) in [5.74, 6) is 1.59. The second-order valence-corrected chi connectivity index (χ2v) is 6.51. The zero-order chi connectivity index (χ0) is 13.9. The van der Waals surface area contributed by atoms with Gasteiger partial charge in [-0.1, -0.05) is 17.7 Å². The van der Waals surface area contributed by atoms with Crippen LogP contribution in [0.3, 0.4) is 0 Å². The van der Waals surface area contributed by atoms with Gasteiger partial charge in [-0.3, -0.25) is 4.90 Å². The van der Waals surface area contributed by atoms with Gasteiger partial charge in [-0.2, -0.15) is 0 Å². The van der Waals surface area contributed by atoms with Crippen molar-refractivity contribution >= 4 is 11.6 Å². The SMILES string of the molecule is CN1CCN(Cc2ccc(OCC3CC3)c(Cl)c2)CC1. The maximum Gasteiger partial charge on any atom is 0.137 e. The average Bonchev–Trinajstić information content (AvgIpc) is 3.25. The van der Waals surface area contributed by atoms with Crippen molar-refractivity contribution in [1.82, 2.24) is 9.80 Å². The fraction of sp³-hybridized carbons (Fsp3) is 0.625. The van der Waals surface area contributed by atoms with E-state index in [0.717, 1.165) is 56.0 Å². The van der Waals surface area contributed by atoms with Crippen LogP contribution in [0.4, 0.5) is 0 Å². The molecular formula is C16H23ClN2O. The average molecular weight is 295 g/mol. The van der Waals surface area contributed by atoms with Gasteiger partial charge in [0.15, 0.2) is 0 Å². The number of hydrogen-bond acceptors (Lipinski definition) is 3. The maximum atomic E-state index is 6.32. The second-order valence-electron chi connectivity index (χ2n) is 6.10. The lowest BCUT2D eigenvalue weighted by Gasteiger charge is -2.32. The molecule has 2 fully saturated rings. The number of rotatable bonds is 5. The molecule has 0 bridgehead atoms. The van der Waals surface area contributed by atoms with Crippen molar-refractivity contribution in [3.8, 4) is 5.75 Å². The Labute approximate surface area is 126 Å². The molecule has 2 aliphatic rings. The fourth-order valence-electron chi connectivity index (χ4n) is 2.52. The predicted molar refractivity (Wildman–Crippen MR) is 82.4 cm³/mol. The first-order valence-corrected chi connectivity index (χ1v) is 7.90. The minimum atomic E-state index is 0.747. The molecule has 0 aromatic heterocycles. The van der Waals surface area contributed by atoms with E-state index in [1.807, 2.05) is 6.07 Å².